The molecule has 1 amide bonds. The van der Waals surface area contributed by atoms with Crippen molar-refractivity contribution in [1.29, 1.82) is 0 Å². The summed E-state index contributed by atoms with van der Waals surface area (Å²) in [7, 11) is 0. The maximum atomic E-state index is 13.0. The van der Waals surface area contributed by atoms with Crippen LogP contribution in [0.4, 0.5) is 0 Å². The number of carbonyl (C=O) groups excluding carboxylic acids is 3. The molecule has 8 heteroatoms. The number of hydrogen-bond acceptors (Lipinski definition) is 7. The Morgan fingerprint density at radius 3 is 2.44 bits per heavy atom. The summed E-state index contributed by atoms with van der Waals surface area (Å²) < 4.78 is 0. The van der Waals surface area contributed by atoms with E-state index in [2.05, 4.69) is 18.7 Å². The number of fused-ring (bicyclic) bond motifs is 1. The van der Waals surface area contributed by atoms with Gasteiger partial charge in [0.15, 0.2) is 5.78 Å². The number of nitrogens with zero attached hydrogens (tertiary/aromatic N) is 1. The van der Waals surface area contributed by atoms with E-state index in [1.54, 1.807) is 6.07 Å². The molecule has 0 bridgehead atoms. The highest BCUT2D eigenvalue weighted by molar-refractivity contribution is 6.01. The third kappa shape index (κ3) is 6.37. The molecule has 0 saturated heterocycles. The molecule has 0 saturated carbocycles. The van der Waals surface area contributed by atoms with Gasteiger partial charge < -0.3 is 21.1 Å². The average Bonchev–Trinajstić information content (AvgIpc) is 2.73. The zero-order valence-electron chi connectivity index (χ0n) is 19.0. The van der Waals surface area contributed by atoms with Crippen LogP contribution in [0.15, 0.2) is 12.1 Å². The van der Waals surface area contributed by atoms with E-state index in [4.69, 9.17) is 5.73 Å². The minimum Gasteiger partial charge on any atom is -0.507 e. The number of benzene rings is 1. The van der Waals surface area contributed by atoms with Gasteiger partial charge in [-0.3, -0.25) is 19.3 Å². The smallest absolute Gasteiger partial charge is 0.224 e. The zero-order valence-corrected chi connectivity index (χ0v) is 19.0. The average molecular weight is 449 g/mol. The molecule has 1 aromatic carbocycles. The van der Waals surface area contributed by atoms with Crippen LogP contribution >= 0.6 is 0 Å². The van der Waals surface area contributed by atoms with E-state index in [0.29, 0.717) is 24.9 Å². The van der Waals surface area contributed by atoms with Gasteiger partial charge in [0.2, 0.25) is 5.91 Å². The highest BCUT2D eigenvalue weighted by Gasteiger charge is 2.35. The van der Waals surface area contributed by atoms with Gasteiger partial charge in [-0.15, -0.1) is 0 Å². The number of carbonyl (C=O) groups is 3. The van der Waals surface area contributed by atoms with Crippen LogP contribution in [0.1, 0.15) is 61.0 Å². The van der Waals surface area contributed by atoms with Crippen LogP contribution in [0.25, 0.3) is 0 Å². The summed E-state index contributed by atoms with van der Waals surface area (Å²) in [6.45, 7) is 5.93. The molecule has 8 nitrogen and oxygen atoms in total. The Bertz CT molecular complexity index is 821. The Morgan fingerprint density at radius 2 is 1.88 bits per heavy atom. The summed E-state index contributed by atoms with van der Waals surface area (Å²) in [4.78, 5) is 38.8. The summed E-state index contributed by atoms with van der Waals surface area (Å²) in [6.07, 6.45) is 1.05. The van der Waals surface area contributed by atoms with Crippen LogP contribution in [0.2, 0.25) is 0 Å². The monoisotopic (exact) mass is 448 g/mol. The van der Waals surface area contributed by atoms with Gasteiger partial charge in [-0.25, -0.2) is 0 Å². The minimum atomic E-state index is -0.814. The van der Waals surface area contributed by atoms with Crippen molar-refractivity contribution in [1.82, 2.24) is 4.90 Å². The number of phenolic OH excluding ortho intramolecular Hbond substituents is 1. The van der Waals surface area contributed by atoms with Crippen LogP contribution < -0.4 is 5.73 Å². The van der Waals surface area contributed by atoms with E-state index in [1.807, 2.05) is 6.07 Å². The van der Waals surface area contributed by atoms with Crippen molar-refractivity contribution >= 4 is 17.5 Å². The van der Waals surface area contributed by atoms with E-state index in [-0.39, 0.29) is 42.8 Å². The van der Waals surface area contributed by atoms with E-state index < -0.39 is 30.6 Å². The quantitative estimate of drug-likeness (QED) is 0.334. The summed E-state index contributed by atoms with van der Waals surface area (Å²) in [6, 6.07) is 3.44. The highest BCUT2D eigenvalue weighted by Crippen LogP contribution is 2.38. The van der Waals surface area contributed by atoms with Crippen LogP contribution in [0.3, 0.4) is 0 Å². The SMILES string of the molecule is CCN(CC)Cc1ccc(O)c2c1CC(CC(CCO)C(CO)C(=O)CC(N)=O)CC2=O. The summed E-state index contributed by atoms with van der Waals surface area (Å²) in [5, 5.41) is 29.7. The minimum absolute atomic E-state index is 0.0106. The number of hydrogen-bond donors (Lipinski definition) is 4. The molecule has 1 aliphatic carbocycles. The highest BCUT2D eigenvalue weighted by atomic mass is 16.3. The lowest BCUT2D eigenvalue weighted by atomic mass is 9.73. The third-order valence-corrected chi connectivity index (χ3v) is 6.59. The molecular weight excluding hydrogens is 412 g/mol. The second kappa shape index (κ2) is 12.1. The van der Waals surface area contributed by atoms with E-state index >= 15 is 0 Å². The van der Waals surface area contributed by atoms with Gasteiger partial charge >= 0.3 is 0 Å². The van der Waals surface area contributed by atoms with Crippen molar-refractivity contribution in [2.75, 3.05) is 26.3 Å². The standard InChI is InChI=1S/C24H36N2O6/c1-3-26(4-2)13-17-5-6-20(29)24-18(17)10-15(11-22(24)31)9-16(7-8-27)19(14-28)21(30)12-23(25)32/h5-6,15-16,19,27-29H,3-4,7-14H2,1-2H3,(H2,25,32). The maximum Gasteiger partial charge on any atom is 0.224 e. The number of aromatic hydroxyl groups is 1. The first kappa shape index (κ1) is 26.0. The van der Waals surface area contributed by atoms with Crippen LogP contribution in [0, 0.1) is 17.8 Å². The second-order valence-electron chi connectivity index (χ2n) is 8.66. The number of rotatable bonds is 13. The molecule has 0 spiro atoms. The number of ketones is 2. The molecule has 5 N–H and O–H groups in total. The first-order valence-corrected chi connectivity index (χ1v) is 11.4. The van der Waals surface area contributed by atoms with Gasteiger partial charge in [-0.2, -0.15) is 0 Å². The molecule has 2 rings (SSSR count). The molecule has 32 heavy (non-hydrogen) atoms. The van der Waals surface area contributed by atoms with Gasteiger partial charge in [0.05, 0.1) is 18.6 Å². The Labute approximate surface area is 189 Å². The van der Waals surface area contributed by atoms with Gasteiger partial charge in [0, 0.05) is 25.5 Å². The molecule has 0 heterocycles. The first-order chi connectivity index (χ1) is 15.2. The Kier molecular flexibility index (Phi) is 9.81. The Morgan fingerprint density at radius 1 is 1.19 bits per heavy atom. The van der Waals surface area contributed by atoms with Gasteiger partial charge in [-0.1, -0.05) is 19.9 Å². The largest absolute Gasteiger partial charge is 0.507 e. The number of aliphatic hydroxyl groups is 2. The van der Waals surface area contributed by atoms with Gasteiger partial charge in [0.1, 0.15) is 11.5 Å². The Hall–Kier alpha value is -2.29. The number of aliphatic hydroxyl groups excluding tert-OH is 2. The molecule has 0 aliphatic heterocycles. The number of nitrogens with two attached hydrogens (primary N) is 1. The van der Waals surface area contributed by atoms with Crippen molar-refractivity contribution in [3.63, 3.8) is 0 Å². The molecule has 1 aromatic rings. The Balaban J connectivity index is 2.30. The molecule has 0 fully saturated rings. The molecule has 0 radical (unpaired) electrons. The fraction of sp³-hybridized carbons (Fsp3) is 0.625. The molecule has 3 atom stereocenters. The summed E-state index contributed by atoms with van der Waals surface area (Å²) >= 11 is 0. The third-order valence-electron chi connectivity index (χ3n) is 6.59. The van der Waals surface area contributed by atoms with Crippen LogP contribution in [-0.4, -0.2) is 64.0 Å². The lowest BCUT2D eigenvalue weighted by Gasteiger charge is -2.32. The number of primary amides is 1. The fourth-order valence-electron chi connectivity index (χ4n) is 4.84. The van der Waals surface area contributed by atoms with Crippen molar-refractivity contribution in [3.8, 4) is 5.75 Å². The van der Waals surface area contributed by atoms with E-state index in [1.165, 1.54) is 0 Å². The predicted octanol–water partition coefficient (Wildman–Crippen LogP) is 1.42. The molecule has 0 aromatic heterocycles. The zero-order chi connectivity index (χ0) is 23.8. The summed E-state index contributed by atoms with van der Waals surface area (Å²) in [5.74, 6) is -2.63. The first-order valence-electron chi connectivity index (χ1n) is 11.4. The lowest BCUT2D eigenvalue weighted by Crippen LogP contribution is -2.34. The number of amides is 1. The van der Waals surface area contributed by atoms with Crippen LogP contribution in [0.5, 0.6) is 5.75 Å². The second-order valence-corrected chi connectivity index (χ2v) is 8.66. The van der Waals surface area contributed by atoms with Crippen LogP contribution in [-0.2, 0) is 22.6 Å². The lowest BCUT2D eigenvalue weighted by molar-refractivity contribution is -0.131. The van der Waals surface area contributed by atoms with E-state index in [0.717, 1.165) is 24.2 Å². The van der Waals surface area contributed by atoms with Gasteiger partial charge in [-0.05, 0) is 61.4 Å². The van der Waals surface area contributed by atoms with Crippen molar-refractivity contribution in [2.24, 2.45) is 23.5 Å². The number of phenols is 1. The molecular formula is C24H36N2O6. The normalized spacial score (nSPS) is 17.8. The predicted molar refractivity (Wildman–Crippen MR) is 120 cm³/mol. The van der Waals surface area contributed by atoms with Crippen molar-refractivity contribution in [3.05, 3.63) is 28.8 Å². The van der Waals surface area contributed by atoms with Crippen molar-refractivity contribution in [2.45, 2.75) is 52.5 Å². The summed E-state index contributed by atoms with van der Waals surface area (Å²) in [5.41, 5.74) is 7.37. The molecule has 178 valence electrons. The number of Topliss-reactive ketones (excluding diaryl/α,β-unsaturated/α-hetero) is 2. The maximum absolute atomic E-state index is 13.0. The van der Waals surface area contributed by atoms with E-state index in [9.17, 15) is 29.7 Å². The molecule has 3 unspecified atom stereocenters. The van der Waals surface area contributed by atoms with Gasteiger partial charge in [0.25, 0.3) is 0 Å². The van der Waals surface area contributed by atoms with Crippen molar-refractivity contribution < 1.29 is 29.7 Å². The topological polar surface area (TPSA) is 141 Å². The fourth-order valence-corrected chi connectivity index (χ4v) is 4.84. The molecule has 1 aliphatic rings.